The molecule has 0 aliphatic rings. The Morgan fingerprint density at radius 3 is 2.34 bits per heavy atom. The third-order valence-corrected chi connectivity index (χ3v) is 5.16. The van der Waals surface area contributed by atoms with Gasteiger partial charge in [0.05, 0.1) is 29.4 Å². The molecule has 0 heterocycles. The molecular weight excluding hydrogens is 408 g/mol. The summed E-state index contributed by atoms with van der Waals surface area (Å²) in [6.07, 6.45) is 0. The van der Waals surface area contributed by atoms with E-state index in [2.05, 4.69) is 5.32 Å². The van der Waals surface area contributed by atoms with Crippen LogP contribution in [0.3, 0.4) is 0 Å². The van der Waals surface area contributed by atoms with Gasteiger partial charge in [0.25, 0.3) is 0 Å². The van der Waals surface area contributed by atoms with Crippen molar-refractivity contribution in [3.63, 3.8) is 0 Å². The van der Waals surface area contributed by atoms with E-state index in [0.717, 1.165) is 5.56 Å². The fourth-order valence-corrected chi connectivity index (χ4v) is 3.84. The number of halogens is 1. The van der Waals surface area contributed by atoms with Gasteiger partial charge in [-0.15, -0.1) is 0 Å². The number of para-hydroxylation sites is 1. The second-order valence-corrected chi connectivity index (χ2v) is 7.81. The molecule has 0 spiro atoms. The molecular formula is C22H25ClN2O3S. The minimum atomic E-state index is -0.522. The monoisotopic (exact) mass is 432 g/mol. The Kier molecular flexibility index (Phi) is 8.17. The van der Waals surface area contributed by atoms with Crippen molar-refractivity contribution >= 4 is 46.4 Å². The van der Waals surface area contributed by atoms with Crippen molar-refractivity contribution in [2.24, 2.45) is 5.92 Å². The fourth-order valence-electron chi connectivity index (χ4n) is 3.12. The van der Waals surface area contributed by atoms with Gasteiger partial charge in [-0.3, -0.25) is 4.79 Å². The maximum Gasteiger partial charge on any atom is 0.340 e. The zero-order valence-corrected chi connectivity index (χ0v) is 18.5. The van der Waals surface area contributed by atoms with E-state index in [0.29, 0.717) is 22.2 Å². The summed E-state index contributed by atoms with van der Waals surface area (Å²) in [7, 11) is 1.31. The van der Waals surface area contributed by atoms with Crippen molar-refractivity contribution in [2.75, 3.05) is 12.4 Å². The molecule has 0 aliphatic carbocycles. The molecule has 0 aliphatic heterocycles. The van der Waals surface area contributed by atoms with Crippen LogP contribution in [0.5, 0.6) is 0 Å². The van der Waals surface area contributed by atoms with E-state index < -0.39 is 5.97 Å². The number of hydrogen-bond acceptors (Lipinski definition) is 4. The minimum absolute atomic E-state index is 0.0340. The second-order valence-electron chi connectivity index (χ2n) is 6.96. The Hall–Kier alpha value is -2.44. The van der Waals surface area contributed by atoms with Crippen LogP contribution in [-0.2, 0) is 16.1 Å². The molecule has 0 saturated carbocycles. The molecule has 2 aromatic carbocycles. The van der Waals surface area contributed by atoms with Crippen LogP contribution < -0.4 is 5.32 Å². The number of ether oxygens (including phenoxy) is 1. The molecule has 1 unspecified atom stereocenters. The van der Waals surface area contributed by atoms with Crippen molar-refractivity contribution in [3.8, 4) is 0 Å². The van der Waals surface area contributed by atoms with Gasteiger partial charge in [0, 0.05) is 13.5 Å². The van der Waals surface area contributed by atoms with Crippen LogP contribution in [0.4, 0.5) is 5.69 Å². The number of amides is 1. The first-order chi connectivity index (χ1) is 13.8. The lowest BCUT2D eigenvalue weighted by molar-refractivity contribution is -0.131. The van der Waals surface area contributed by atoms with Crippen LogP contribution in [0.25, 0.3) is 0 Å². The third-order valence-electron chi connectivity index (χ3n) is 4.50. The molecule has 1 atom stereocenters. The smallest absolute Gasteiger partial charge is 0.340 e. The topological polar surface area (TPSA) is 58.6 Å². The molecule has 7 heteroatoms. The van der Waals surface area contributed by atoms with Crippen LogP contribution >= 0.6 is 23.8 Å². The van der Waals surface area contributed by atoms with E-state index in [1.54, 1.807) is 23.1 Å². The van der Waals surface area contributed by atoms with Crippen LogP contribution in [0, 0.1) is 5.92 Å². The highest BCUT2D eigenvalue weighted by Crippen LogP contribution is 2.28. The van der Waals surface area contributed by atoms with Gasteiger partial charge < -0.3 is 15.0 Å². The third kappa shape index (κ3) is 5.78. The highest BCUT2D eigenvalue weighted by Gasteiger charge is 2.29. The normalized spacial score (nSPS) is 11.7. The molecule has 0 fully saturated rings. The molecule has 0 bridgehead atoms. The number of benzene rings is 2. The zero-order valence-electron chi connectivity index (χ0n) is 16.9. The van der Waals surface area contributed by atoms with Gasteiger partial charge in [0.15, 0.2) is 0 Å². The molecule has 1 amide bonds. The number of esters is 1. The van der Waals surface area contributed by atoms with E-state index in [-0.39, 0.29) is 23.4 Å². The van der Waals surface area contributed by atoms with Crippen molar-refractivity contribution < 1.29 is 14.3 Å². The van der Waals surface area contributed by atoms with Crippen LogP contribution in [0.15, 0.2) is 48.5 Å². The molecule has 5 nitrogen and oxygen atoms in total. The average molecular weight is 433 g/mol. The Labute approximate surface area is 182 Å². The van der Waals surface area contributed by atoms with Crippen LogP contribution in [0.1, 0.15) is 36.7 Å². The number of thiocarbonyl (C=S) groups is 1. The number of nitrogens with zero attached hydrogens (tertiary/aromatic N) is 1. The maximum atomic E-state index is 12.5. The molecule has 154 valence electrons. The van der Waals surface area contributed by atoms with Crippen LogP contribution in [0.2, 0.25) is 5.02 Å². The first-order valence-corrected chi connectivity index (χ1v) is 10.0. The summed E-state index contributed by atoms with van der Waals surface area (Å²) in [5.74, 6) is -0.581. The van der Waals surface area contributed by atoms with Gasteiger partial charge in [0.1, 0.15) is 4.99 Å². The number of methoxy groups -OCH3 is 1. The number of carbonyl (C=O) groups excluding carboxylic acids is 2. The standard InChI is InChI=1S/C22H25ClN2O3S/c1-14(2)20(25(15(3)26)13-16-9-6-5-7-10-16)21(29)24-19-17(22(27)28-4)11-8-12-18(19)23/h5-12,14,20H,13H2,1-4H3,(H,24,29). The molecule has 0 saturated heterocycles. The Balaban J connectivity index is 2.36. The number of anilines is 1. The Morgan fingerprint density at radius 1 is 1.14 bits per heavy atom. The first-order valence-electron chi connectivity index (χ1n) is 9.25. The minimum Gasteiger partial charge on any atom is -0.465 e. The predicted molar refractivity (Wildman–Crippen MR) is 120 cm³/mol. The van der Waals surface area contributed by atoms with Crippen LogP contribution in [-0.4, -0.2) is 34.9 Å². The lowest BCUT2D eigenvalue weighted by atomic mass is 10.0. The van der Waals surface area contributed by atoms with Crippen molar-refractivity contribution in [2.45, 2.75) is 33.4 Å². The highest BCUT2D eigenvalue weighted by atomic mass is 35.5. The van der Waals surface area contributed by atoms with E-state index in [1.165, 1.54) is 14.0 Å². The highest BCUT2D eigenvalue weighted by molar-refractivity contribution is 7.80. The molecule has 0 aromatic heterocycles. The molecule has 2 aromatic rings. The predicted octanol–water partition coefficient (Wildman–Crippen LogP) is 4.94. The lowest BCUT2D eigenvalue weighted by Crippen LogP contribution is -2.48. The maximum absolute atomic E-state index is 12.5. The van der Waals surface area contributed by atoms with Gasteiger partial charge in [-0.2, -0.15) is 0 Å². The van der Waals surface area contributed by atoms with Gasteiger partial charge in [-0.25, -0.2) is 4.79 Å². The van der Waals surface area contributed by atoms with Crippen molar-refractivity contribution in [1.29, 1.82) is 0 Å². The largest absolute Gasteiger partial charge is 0.465 e. The van der Waals surface area contributed by atoms with E-state index in [1.807, 2.05) is 44.2 Å². The Morgan fingerprint density at radius 2 is 1.79 bits per heavy atom. The summed E-state index contributed by atoms with van der Waals surface area (Å²) in [6, 6.07) is 14.3. The van der Waals surface area contributed by atoms with Gasteiger partial charge >= 0.3 is 5.97 Å². The summed E-state index contributed by atoms with van der Waals surface area (Å²) in [5.41, 5.74) is 1.66. The van der Waals surface area contributed by atoms with Gasteiger partial charge in [-0.1, -0.05) is 74.1 Å². The molecule has 0 radical (unpaired) electrons. The quantitative estimate of drug-likeness (QED) is 0.496. The Bertz CT molecular complexity index is 887. The number of carbonyl (C=O) groups is 2. The zero-order chi connectivity index (χ0) is 21.6. The van der Waals surface area contributed by atoms with E-state index in [9.17, 15) is 9.59 Å². The summed E-state index contributed by atoms with van der Waals surface area (Å²) < 4.78 is 4.84. The van der Waals surface area contributed by atoms with Gasteiger partial charge in [0.2, 0.25) is 5.91 Å². The second kappa shape index (κ2) is 10.4. The number of nitrogens with one attached hydrogen (secondary N) is 1. The average Bonchev–Trinajstić information content (AvgIpc) is 2.68. The number of hydrogen-bond donors (Lipinski definition) is 1. The first kappa shape index (κ1) is 22.8. The van der Waals surface area contributed by atoms with E-state index >= 15 is 0 Å². The molecule has 2 rings (SSSR count). The summed E-state index contributed by atoms with van der Waals surface area (Å²) in [4.78, 5) is 26.7. The van der Waals surface area contributed by atoms with Crippen molar-refractivity contribution in [3.05, 3.63) is 64.7 Å². The summed E-state index contributed by atoms with van der Waals surface area (Å²) in [5, 5.41) is 3.44. The summed E-state index contributed by atoms with van der Waals surface area (Å²) in [6.45, 7) is 5.93. The van der Waals surface area contributed by atoms with Gasteiger partial charge in [-0.05, 0) is 23.6 Å². The number of rotatable bonds is 7. The van der Waals surface area contributed by atoms with E-state index in [4.69, 9.17) is 28.6 Å². The SMILES string of the molecule is COC(=O)c1cccc(Cl)c1NC(=S)C(C(C)C)N(Cc1ccccc1)C(C)=O. The molecule has 1 N–H and O–H groups in total. The summed E-state index contributed by atoms with van der Waals surface area (Å²) >= 11 is 12.0. The fraction of sp³-hybridized carbons (Fsp3) is 0.318. The lowest BCUT2D eigenvalue weighted by Gasteiger charge is -2.35. The van der Waals surface area contributed by atoms with Crippen molar-refractivity contribution in [1.82, 2.24) is 4.90 Å². The molecule has 29 heavy (non-hydrogen) atoms.